The number of nitrogens with zero attached hydrogens (tertiary/aromatic N) is 1. The first-order valence-electron chi connectivity index (χ1n) is 4.06. The molecule has 1 aromatic heterocycles. The Morgan fingerprint density at radius 3 is 2.73 bits per heavy atom. The van der Waals surface area contributed by atoms with Crippen molar-refractivity contribution in [2.45, 2.75) is 13.5 Å². The Labute approximate surface area is 89.9 Å². The summed E-state index contributed by atoms with van der Waals surface area (Å²) in [4.78, 5) is 25.9. The van der Waals surface area contributed by atoms with Crippen molar-refractivity contribution in [3.8, 4) is 0 Å². The fraction of sp³-hybridized carbons (Fsp3) is 0.375. The second-order valence-electron chi connectivity index (χ2n) is 2.66. The summed E-state index contributed by atoms with van der Waals surface area (Å²) in [6.45, 7) is 1.84. The number of nitrogens with one attached hydrogen (secondary N) is 1. The van der Waals surface area contributed by atoms with Gasteiger partial charge in [-0.3, -0.25) is 0 Å². The van der Waals surface area contributed by atoms with Gasteiger partial charge in [-0.1, -0.05) is 0 Å². The number of methoxy groups -OCH3 is 1. The quantitative estimate of drug-likeness (QED) is 0.808. The number of carbonyl (C=O) groups excluding carboxylic acids is 1. The van der Waals surface area contributed by atoms with Gasteiger partial charge in [-0.25, -0.2) is 14.6 Å². The van der Waals surface area contributed by atoms with Gasteiger partial charge in [0.2, 0.25) is 0 Å². The molecule has 2 N–H and O–H groups in total. The van der Waals surface area contributed by atoms with Gasteiger partial charge in [0.1, 0.15) is 5.01 Å². The van der Waals surface area contributed by atoms with Gasteiger partial charge in [0, 0.05) is 4.88 Å². The maximum absolute atomic E-state index is 10.7. The molecule has 0 fully saturated rings. The number of alkyl carbamates (subject to hydrolysis) is 1. The van der Waals surface area contributed by atoms with E-state index >= 15 is 0 Å². The van der Waals surface area contributed by atoms with Crippen LogP contribution in [-0.2, 0) is 11.3 Å². The molecule has 0 aliphatic rings. The average molecular weight is 230 g/mol. The molecule has 0 atom stereocenters. The maximum atomic E-state index is 10.7. The lowest BCUT2D eigenvalue weighted by atomic mass is 10.4. The Hall–Kier alpha value is -1.63. The van der Waals surface area contributed by atoms with Crippen LogP contribution in [0.2, 0.25) is 0 Å². The number of amides is 1. The van der Waals surface area contributed by atoms with E-state index in [1.165, 1.54) is 18.4 Å². The van der Waals surface area contributed by atoms with Crippen molar-refractivity contribution in [1.82, 2.24) is 10.3 Å². The number of aromatic carboxylic acids is 1. The van der Waals surface area contributed by atoms with E-state index in [0.29, 0.717) is 9.88 Å². The molecule has 0 bridgehead atoms. The molecule has 0 aliphatic heterocycles. The zero-order valence-electron chi connectivity index (χ0n) is 8.23. The van der Waals surface area contributed by atoms with Crippen molar-refractivity contribution in [2.75, 3.05) is 7.11 Å². The lowest BCUT2D eigenvalue weighted by Crippen LogP contribution is -2.22. The van der Waals surface area contributed by atoms with Crippen LogP contribution in [0.5, 0.6) is 0 Å². The van der Waals surface area contributed by atoms with Crippen LogP contribution in [0, 0.1) is 6.92 Å². The second-order valence-corrected chi connectivity index (χ2v) is 3.95. The zero-order chi connectivity index (χ0) is 11.4. The van der Waals surface area contributed by atoms with Crippen molar-refractivity contribution < 1.29 is 19.4 Å². The van der Waals surface area contributed by atoms with Gasteiger partial charge < -0.3 is 15.2 Å². The number of carboxylic acid groups (broad SMARTS) is 1. The standard InChI is InChI=1S/C8H10N2O4S/c1-4-6(7(11)12)10-5(15-4)3-9-8(13)14-2/h3H2,1-2H3,(H,9,13)(H,11,12). The first kappa shape index (κ1) is 11.4. The summed E-state index contributed by atoms with van der Waals surface area (Å²) in [5.74, 6) is -1.06. The number of aryl methyl sites for hydroxylation is 1. The first-order valence-corrected chi connectivity index (χ1v) is 4.87. The van der Waals surface area contributed by atoms with E-state index < -0.39 is 12.1 Å². The Kier molecular flexibility index (Phi) is 3.62. The van der Waals surface area contributed by atoms with Crippen LogP contribution in [-0.4, -0.2) is 29.3 Å². The molecule has 7 heteroatoms. The van der Waals surface area contributed by atoms with E-state index in [-0.39, 0.29) is 12.2 Å². The van der Waals surface area contributed by atoms with Crippen LogP contribution in [0.3, 0.4) is 0 Å². The molecule has 0 aromatic carbocycles. The largest absolute Gasteiger partial charge is 0.476 e. The molecule has 0 saturated carbocycles. The fourth-order valence-corrected chi connectivity index (χ4v) is 1.81. The van der Waals surface area contributed by atoms with Gasteiger partial charge >= 0.3 is 12.1 Å². The van der Waals surface area contributed by atoms with Gasteiger partial charge in [0.15, 0.2) is 5.69 Å². The number of carbonyl (C=O) groups is 2. The predicted molar refractivity (Wildman–Crippen MR) is 53.1 cm³/mol. The zero-order valence-corrected chi connectivity index (χ0v) is 9.05. The van der Waals surface area contributed by atoms with Crippen molar-refractivity contribution in [3.05, 3.63) is 15.6 Å². The first-order chi connectivity index (χ1) is 7.04. The Bertz CT molecular complexity index is 388. The monoisotopic (exact) mass is 230 g/mol. The van der Waals surface area contributed by atoms with E-state index in [9.17, 15) is 9.59 Å². The van der Waals surface area contributed by atoms with E-state index in [2.05, 4.69) is 15.0 Å². The van der Waals surface area contributed by atoms with Crippen molar-refractivity contribution in [3.63, 3.8) is 0 Å². The van der Waals surface area contributed by atoms with Crippen LogP contribution in [0.15, 0.2) is 0 Å². The smallest absolute Gasteiger partial charge is 0.407 e. The molecule has 1 rings (SSSR count). The molecular formula is C8H10N2O4S. The third-order valence-corrected chi connectivity index (χ3v) is 2.58. The van der Waals surface area contributed by atoms with E-state index in [1.54, 1.807) is 6.92 Å². The van der Waals surface area contributed by atoms with Crippen molar-refractivity contribution in [2.24, 2.45) is 0 Å². The summed E-state index contributed by atoms with van der Waals surface area (Å²) in [5, 5.41) is 11.7. The Morgan fingerprint density at radius 2 is 2.27 bits per heavy atom. The maximum Gasteiger partial charge on any atom is 0.407 e. The van der Waals surface area contributed by atoms with Crippen molar-refractivity contribution in [1.29, 1.82) is 0 Å². The minimum atomic E-state index is -1.06. The predicted octanol–water partition coefficient (Wildman–Crippen LogP) is 1.01. The Morgan fingerprint density at radius 1 is 1.60 bits per heavy atom. The highest BCUT2D eigenvalue weighted by Crippen LogP contribution is 2.17. The molecule has 0 unspecified atom stereocenters. The normalized spacial score (nSPS) is 9.73. The molecular weight excluding hydrogens is 220 g/mol. The lowest BCUT2D eigenvalue weighted by molar-refractivity contribution is 0.0690. The van der Waals surface area contributed by atoms with Gasteiger partial charge in [0.25, 0.3) is 0 Å². The number of carboxylic acids is 1. The molecule has 15 heavy (non-hydrogen) atoms. The highest BCUT2D eigenvalue weighted by Gasteiger charge is 2.14. The number of ether oxygens (including phenoxy) is 1. The minimum Gasteiger partial charge on any atom is -0.476 e. The second kappa shape index (κ2) is 4.74. The molecule has 82 valence electrons. The summed E-state index contributed by atoms with van der Waals surface area (Å²) in [6, 6.07) is 0. The van der Waals surface area contributed by atoms with Crippen LogP contribution < -0.4 is 5.32 Å². The van der Waals surface area contributed by atoms with Gasteiger partial charge in [-0.05, 0) is 6.92 Å². The number of thiazole rings is 1. The summed E-state index contributed by atoms with van der Waals surface area (Å²) >= 11 is 1.23. The van der Waals surface area contributed by atoms with E-state index in [1.807, 2.05) is 0 Å². The topological polar surface area (TPSA) is 88.5 Å². The van der Waals surface area contributed by atoms with E-state index in [0.717, 1.165) is 0 Å². The van der Waals surface area contributed by atoms with E-state index in [4.69, 9.17) is 5.11 Å². The number of hydrogen-bond donors (Lipinski definition) is 2. The molecule has 1 heterocycles. The molecule has 6 nitrogen and oxygen atoms in total. The fourth-order valence-electron chi connectivity index (χ4n) is 0.945. The van der Waals surface area contributed by atoms with Crippen LogP contribution >= 0.6 is 11.3 Å². The van der Waals surface area contributed by atoms with Crippen molar-refractivity contribution >= 4 is 23.4 Å². The molecule has 0 spiro atoms. The molecule has 1 aromatic rings. The van der Waals surface area contributed by atoms with Crippen LogP contribution in [0.25, 0.3) is 0 Å². The lowest BCUT2D eigenvalue weighted by Gasteiger charge is -1.99. The summed E-state index contributed by atoms with van der Waals surface area (Å²) in [6.07, 6.45) is -0.570. The minimum absolute atomic E-state index is 0.0293. The third-order valence-electron chi connectivity index (χ3n) is 1.61. The van der Waals surface area contributed by atoms with Crippen LogP contribution in [0.1, 0.15) is 20.4 Å². The molecule has 1 amide bonds. The van der Waals surface area contributed by atoms with Gasteiger partial charge in [-0.15, -0.1) is 11.3 Å². The summed E-state index contributed by atoms with van der Waals surface area (Å²) in [5.41, 5.74) is 0.0293. The summed E-state index contributed by atoms with van der Waals surface area (Å²) < 4.78 is 4.37. The van der Waals surface area contributed by atoms with Gasteiger partial charge in [-0.2, -0.15) is 0 Å². The molecule has 0 saturated heterocycles. The molecule has 0 radical (unpaired) electrons. The average Bonchev–Trinajstić information content (AvgIpc) is 2.56. The SMILES string of the molecule is COC(=O)NCc1nc(C(=O)O)c(C)s1. The third kappa shape index (κ3) is 2.91. The number of hydrogen-bond acceptors (Lipinski definition) is 5. The highest BCUT2D eigenvalue weighted by atomic mass is 32.1. The highest BCUT2D eigenvalue weighted by molar-refractivity contribution is 7.11. The summed E-state index contributed by atoms with van der Waals surface area (Å²) in [7, 11) is 1.26. The Balaban J connectivity index is 2.67. The van der Waals surface area contributed by atoms with Crippen LogP contribution in [0.4, 0.5) is 4.79 Å². The number of aromatic nitrogens is 1. The molecule has 0 aliphatic carbocycles. The van der Waals surface area contributed by atoms with Gasteiger partial charge in [0.05, 0.1) is 13.7 Å². The number of rotatable bonds is 3.